The lowest BCUT2D eigenvalue weighted by Gasteiger charge is -2.24. The third kappa shape index (κ3) is 2.42. The molecule has 0 radical (unpaired) electrons. The molecule has 1 aliphatic rings. The number of fused-ring (bicyclic) bond motifs is 1. The van der Waals surface area contributed by atoms with Crippen molar-refractivity contribution in [2.45, 2.75) is 25.8 Å². The third-order valence-electron chi connectivity index (χ3n) is 4.84. The smallest absolute Gasteiger partial charge is 0.0931 e. The molecule has 1 fully saturated rings. The van der Waals surface area contributed by atoms with Gasteiger partial charge in [-0.25, -0.2) is 4.98 Å². The van der Waals surface area contributed by atoms with E-state index in [2.05, 4.69) is 64.3 Å². The van der Waals surface area contributed by atoms with Gasteiger partial charge in [-0.3, -0.25) is 4.90 Å². The van der Waals surface area contributed by atoms with E-state index in [4.69, 9.17) is 0 Å². The molecular formula is C19H21N3. The van der Waals surface area contributed by atoms with Gasteiger partial charge < -0.3 is 4.98 Å². The molecule has 0 saturated carbocycles. The van der Waals surface area contributed by atoms with E-state index in [1.165, 1.54) is 42.6 Å². The monoisotopic (exact) mass is 291 g/mol. The molecule has 2 heterocycles. The number of likely N-dealkylation sites (tertiary alicyclic amines) is 1. The van der Waals surface area contributed by atoms with Crippen molar-refractivity contribution in [1.29, 1.82) is 0 Å². The minimum absolute atomic E-state index is 0.520. The number of benzene rings is 2. The Kier molecular flexibility index (Phi) is 3.43. The van der Waals surface area contributed by atoms with Gasteiger partial charge in [-0.2, -0.15) is 0 Å². The first kappa shape index (κ1) is 13.5. The van der Waals surface area contributed by atoms with Gasteiger partial charge in [-0.15, -0.1) is 0 Å². The zero-order valence-corrected chi connectivity index (χ0v) is 12.9. The van der Waals surface area contributed by atoms with E-state index < -0.39 is 0 Å². The molecule has 4 rings (SSSR count). The van der Waals surface area contributed by atoms with Crippen LogP contribution < -0.4 is 0 Å². The Balaban J connectivity index is 1.60. The normalized spacial score (nSPS) is 17.1. The molecule has 0 spiro atoms. The number of imidazole rings is 1. The van der Waals surface area contributed by atoms with E-state index in [0.717, 1.165) is 11.0 Å². The van der Waals surface area contributed by atoms with Gasteiger partial charge in [-0.1, -0.05) is 30.3 Å². The highest BCUT2D eigenvalue weighted by Crippen LogP contribution is 2.28. The summed E-state index contributed by atoms with van der Waals surface area (Å²) in [6, 6.07) is 15.9. The third-order valence-corrected chi connectivity index (χ3v) is 4.84. The van der Waals surface area contributed by atoms with Crippen LogP contribution in [0.1, 0.15) is 31.4 Å². The zero-order chi connectivity index (χ0) is 14.9. The number of rotatable bonds is 3. The summed E-state index contributed by atoms with van der Waals surface area (Å²) in [5.41, 5.74) is 6.01. The topological polar surface area (TPSA) is 31.9 Å². The Bertz CT molecular complexity index is 767. The van der Waals surface area contributed by atoms with Crippen LogP contribution in [0.25, 0.3) is 22.2 Å². The molecule has 1 N–H and O–H groups in total. The molecule has 0 bridgehead atoms. The van der Waals surface area contributed by atoms with Gasteiger partial charge in [0.1, 0.15) is 0 Å². The number of aromatic nitrogens is 2. The predicted molar refractivity (Wildman–Crippen MR) is 90.8 cm³/mol. The fraction of sp³-hybridized carbons (Fsp3) is 0.316. The maximum Gasteiger partial charge on any atom is 0.0931 e. The number of nitrogens with one attached hydrogen (secondary N) is 1. The highest BCUT2D eigenvalue weighted by Gasteiger charge is 2.19. The van der Waals surface area contributed by atoms with Crippen molar-refractivity contribution in [3.05, 3.63) is 54.4 Å². The summed E-state index contributed by atoms with van der Waals surface area (Å²) in [6.07, 6.45) is 4.43. The average Bonchev–Trinajstić information content (AvgIpc) is 3.25. The Morgan fingerprint density at radius 2 is 1.73 bits per heavy atom. The second-order valence-corrected chi connectivity index (χ2v) is 6.18. The van der Waals surface area contributed by atoms with Crippen LogP contribution in [0.4, 0.5) is 0 Å². The van der Waals surface area contributed by atoms with Crippen LogP contribution in [0.3, 0.4) is 0 Å². The zero-order valence-electron chi connectivity index (χ0n) is 12.9. The van der Waals surface area contributed by atoms with Gasteiger partial charge in [0.05, 0.1) is 17.4 Å². The van der Waals surface area contributed by atoms with Crippen LogP contribution in [0.15, 0.2) is 48.8 Å². The lowest BCUT2D eigenvalue weighted by Crippen LogP contribution is -2.23. The number of hydrogen-bond donors (Lipinski definition) is 1. The summed E-state index contributed by atoms with van der Waals surface area (Å²) in [4.78, 5) is 10.0. The Hall–Kier alpha value is -2.13. The van der Waals surface area contributed by atoms with Gasteiger partial charge in [-0.05, 0) is 61.7 Å². The molecule has 1 atom stereocenters. The second-order valence-electron chi connectivity index (χ2n) is 6.18. The SMILES string of the molecule is CC(c1ccc(-c2ccc3nc[nH]c3c2)cc1)N1CCCC1. The molecule has 0 aliphatic carbocycles. The maximum atomic E-state index is 4.27. The summed E-state index contributed by atoms with van der Waals surface area (Å²) in [7, 11) is 0. The lowest BCUT2D eigenvalue weighted by molar-refractivity contribution is 0.263. The minimum atomic E-state index is 0.520. The number of aromatic amines is 1. The molecule has 0 amide bonds. The molecule has 112 valence electrons. The standard InChI is InChI=1S/C19H21N3/c1-14(22-10-2-3-11-22)15-4-6-16(7-5-15)17-8-9-18-19(12-17)21-13-20-18/h4-9,12-14H,2-3,10-11H2,1H3,(H,20,21). The van der Waals surface area contributed by atoms with Gasteiger partial charge in [0, 0.05) is 6.04 Å². The van der Waals surface area contributed by atoms with Gasteiger partial charge in [0.25, 0.3) is 0 Å². The summed E-state index contributed by atoms with van der Waals surface area (Å²) < 4.78 is 0. The number of hydrogen-bond acceptors (Lipinski definition) is 2. The van der Waals surface area contributed by atoms with Crippen molar-refractivity contribution in [2.24, 2.45) is 0 Å². The first-order valence-corrected chi connectivity index (χ1v) is 8.09. The first-order chi connectivity index (χ1) is 10.8. The maximum absolute atomic E-state index is 4.27. The van der Waals surface area contributed by atoms with E-state index in [1.807, 2.05) is 0 Å². The highest BCUT2D eigenvalue weighted by molar-refractivity contribution is 5.81. The van der Waals surface area contributed by atoms with Crippen LogP contribution in [-0.2, 0) is 0 Å². The summed E-state index contributed by atoms with van der Waals surface area (Å²) in [5, 5.41) is 0. The van der Waals surface area contributed by atoms with Crippen LogP contribution in [0, 0.1) is 0 Å². The Morgan fingerprint density at radius 1 is 1.00 bits per heavy atom. The molecule has 3 heteroatoms. The fourth-order valence-electron chi connectivity index (χ4n) is 3.41. The molecule has 1 unspecified atom stereocenters. The molecule has 1 aliphatic heterocycles. The van der Waals surface area contributed by atoms with Crippen molar-refractivity contribution in [3.8, 4) is 11.1 Å². The average molecular weight is 291 g/mol. The number of H-pyrrole nitrogens is 1. The van der Waals surface area contributed by atoms with Crippen molar-refractivity contribution in [2.75, 3.05) is 13.1 Å². The molecule has 22 heavy (non-hydrogen) atoms. The van der Waals surface area contributed by atoms with Crippen molar-refractivity contribution < 1.29 is 0 Å². The van der Waals surface area contributed by atoms with Gasteiger partial charge in [0.2, 0.25) is 0 Å². The van der Waals surface area contributed by atoms with E-state index in [0.29, 0.717) is 6.04 Å². The molecule has 3 nitrogen and oxygen atoms in total. The van der Waals surface area contributed by atoms with Crippen LogP contribution in [0.2, 0.25) is 0 Å². The number of nitrogens with zero attached hydrogens (tertiary/aromatic N) is 2. The van der Waals surface area contributed by atoms with Gasteiger partial charge >= 0.3 is 0 Å². The van der Waals surface area contributed by atoms with E-state index in [9.17, 15) is 0 Å². The van der Waals surface area contributed by atoms with E-state index in [1.54, 1.807) is 6.33 Å². The summed E-state index contributed by atoms with van der Waals surface area (Å²) >= 11 is 0. The lowest BCUT2D eigenvalue weighted by atomic mass is 10.0. The van der Waals surface area contributed by atoms with Crippen molar-refractivity contribution in [3.63, 3.8) is 0 Å². The fourth-order valence-corrected chi connectivity index (χ4v) is 3.41. The van der Waals surface area contributed by atoms with E-state index >= 15 is 0 Å². The van der Waals surface area contributed by atoms with Gasteiger partial charge in [0.15, 0.2) is 0 Å². The Morgan fingerprint density at radius 3 is 2.50 bits per heavy atom. The van der Waals surface area contributed by atoms with Crippen molar-refractivity contribution in [1.82, 2.24) is 14.9 Å². The van der Waals surface area contributed by atoms with Crippen molar-refractivity contribution >= 4 is 11.0 Å². The first-order valence-electron chi connectivity index (χ1n) is 8.09. The van der Waals surface area contributed by atoms with Crippen LogP contribution >= 0.6 is 0 Å². The van der Waals surface area contributed by atoms with Crippen LogP contribution in [-0.4, -0.2) is 28.0 Å². The van der Waals surface area contributed by atoms with E-state index in [-0.39, 0.29) is 0 Å². The largest absolute Gasteiger partial charge is 0.345 e. The molecule has 2 aromatic carbocycles. The summed E-state index contributed by atoms with van der Waals surface area (Å²) in [5.74, 6) is 0. The predicted octanol–water partition coefficient (Wildman–Crippen LogP) is 4.39. The second kappa shape index (κ2) is 5.58. The quantitative estimate of drug-likeness (QED) is 0.776. The highest BCUT2D eigenvalue weighted by atomic mass is 15.2. The molecular weight excluding hydrogens is 270 g/mol. The minimum Gasteiger partial charge on any atom is -0.345 e. The van der Waals surface area contributed by atoms with Crippen LogP contribution in [0.5, 0.6) is 0 Å². The Labute approximate surface area is 131 Å². The molecule has 1 saturated heterocycles. The molecule has 1 aromatic heterocycles. The summed E-state index contributed by atoms with van der Waals surface area (Å²) in [6.45, 7) is 4.79. The molecule has 3 aromatic rings.